The molecule has 1 aromatic carbocycles. The summed E-state index contributed by atoms with van der Waals surface area (Å²) in [6, 6.07) is 5.83. The third-order valence-electron chi connectivity index (χ3n) is 3.20. The van der Waals surface area contributed by atoms with Crippen LogP contribution in [0.15, 0.2) is 24.3 Å². The van der Waals surface area contributed by atoms with E-state index in [2.05, 4.69) is 5.32 Å². The van der Waals surface area contributed by atoms with E-state index in [0.717, 1.165) is 12.8 Å². The van der Waals surface area contributed by atoms with Gasteiger partial charge in [-0.05, 0) is 43.0 Å². The van der Waals surface area contributed by atoms with Crippen molar-refractivity contribution >= 4 is 5.91 Å². The molecular weight excluding hydrogens is 247 g/mol. The van der Waals surface area contributed by atoms with Crippen LogP contribution in [0.5, 0.6) is 5.75 Å². The Morgan fingerprint density at radius 2 is 2.11 bits per heavy atom. The van der Waals surface area contributed by atoms with Crippen LogP contribution in [-0.4, -0.2) is 25.1 Å². The number of hydrogen-bond acceptors (Lipinski definition) is 3. The maximum absolute atomic E-state index is 12.7. The Balaban J connectivity index is 1.67. The van der Waals surface area contributed by atoms with Gasteiger partial charge in [-0.25, -0.2) is 4.39 Å². The summed E-state index contributed by atoms with van der Waals surface area (Å²) < 4.78 is 18.0. The topological polar surface area (TPSA) is 64.3 Å². The minimum Gasteiger partial charge on any atom is -0.493 e. The van der Waals surface area contributed by atoms with Crippen molar-refractivity contribution in [2.24, 2.45) is 11.7 Å². The van der Waals surface area contributed by atoms with Crippen molar-refractivity contribution in [3.05, 3.63) is 30.1 Å². The van der Waals surface area contributed by atoms with Crippen LogP contribution in [0.3, 0.4) is 0 Å². The molecule has 2 rings (SSSR count). The van der Waals surface area contributed by atoms with Crippen LogP contribution in [0.2, 0.25) is 0 Å². The number of nitrogens with two attached hydrogens (primary N) is 1. The fourth-order valence-electron chi connectivity index (χ4n) is 1.94. The fourth-order valence-corrected chi connectivity index (χ4v) is 1.94. The monoisotopic (exact) mass is 266 g/mol. The van der Waals surface area contributed by atoms with Gasteiger partial charge in [-0.15, -0.1) is 0 Å². The summed E-state index contributed by atoms with van der Waals surface area (Å²) in [5.74, 6) is 0.753. The molecule has 1 aromatic rings. The number of carbonyl (C=O) groups excluding carboxylic acids is 1. The van der Waals surface area contributed by atoms with Crippen molar-refractivity contribution in [2.45, 2.75) is 25.3 Å². The molecule has 0 saturated heterocycles. The van der Waals surface area contributed by atoms with E-state index in [1.807, 2.05) is 0 Å². The van der Waals surface area contributed by atoms with Crippen LogP contribution in [0, 0.1) is 11.7 Å². The fraction of sp³-hybridized carbons (Fsp3) is 0.500. The maximum atomic E-state index is 12.7. The Bertz CT molecular complexity index is 418. The molecule has 1 aliphatic carbocycles. The predicted molar refractivity (Wildman–Crippen MR) is 70.2 cm³/mol. The molecule has 1 amide bonds. The Hall–Kier alpha value is -1.62. The van der Waals surface area contributed by atoms with Gasteiger partial charge in [-0.2, -0.15) is 0 Å². The Labute approximate surface area is 112 Å². The predicted octanol–water partition coefficient (Wildman–Crippen LogP) is 1.45. The quantitative estimate of drug-likeness (QED) is 0.785. The third kappa shape index (κ3) is 4.52. The number of rotatable bonds is 7. The summed E-state index contributed by atoms with van der Waals surface area (Å²) in [5, 5.41) is 2.92. The lowest BCUT2D eigenvalue weighted by atomic mass is 10.2. The summed E-state index contributed by atoms with van der Waals surface area (Å²) in [6.45, 7) is 0.759. The van der Waals surface area contributed by atoms with Gasteiger partial charge in [0.25, 0.3) is 0 Å². The highest BCUT2D eigenvalue weighted by Crippen LogP contribution is 2.32. The van der Waals surface area contributed by atoms with Crippen molar-refractivity contribution in [1.82, 2.24) is 5.32 Å². The molecule has 4 nitrogen and oxygen atoms in total. The average molecular weight is 266 g/mol. The molecule has 3 N–H and O–H groups in total. The number of hydrogen-bond donors (Lipinski definition) is 2. The van der Waals surface area contributed by atoms with Gasteiger partial charge >= 0.3 is 0 Å². The second-order valence-corrected chi connectivity index (χ2v) is 4.80. The summed E-state index contributed by atoms with van der Waals surface area (Å²) in [5.41, 5.74) is 5.61. The Morgan fingerprint density at radius 3 is 2.68 bits per heavy atom. The van der Waals surface area contributed by atoms with Crippen LogP contribution in [0.1, 0.15) is 19.3 Å². The summed E-state index contributed by atoms with van der Waals surface area (Å²) >= 11 is 0. The standard InChI is InChI=1S/C14H19FN2O2/c15-11-3-5-12(6-4-11)19-8-7-14(18)17-13(9-16)10-1-2-10/h3-6,10,13H,1-2,7-9,16H2,(H,17,18). The van der Waals surface area contributed by atoms with Gasteiger partial charge in [-0.1, -0.05) is 0 Å². The van der Waals surface area contributed by atoms with Crippen molar-refractivity contribution in [3.8, 4) is 5.75 Å². The number of halogens is 1. The van der Waals surface area contributed by atoms with E-state index in [-0.39, 0.29) is 30.8 Å². The van der Waals surface area contributed by atoms with Gasteiger partial charge in [0, 0.05) is 12.6 Å². The highest BCUT2D eigenvalue weighted by molar-refractivity contribution is 5.76. The normalized spacial score (nSPS) is 15.9. The van der Waals surface area contributed by atoms with Crippen LogP contribution in [0.4, 0.5) is 4.39 Å². The van der Waals surface area contributed by atoms with E-state index in [1.54, 1.807) is 12.1 Å². The average Bonchev–Trinajstić information content (AvgIpc) is 3.23. The van der Waals surface area contributed by atoms with Gasteiger partial charge in [0.15, 0.2) is 0 Å². The second-order valence-electron chi connectivity index (χ2n) is 4.80. The molecule has 0 bridgehead atoms. The molecule has 1 saturated carbocycles. The van der Waals surface area contributed by atoms with Crippen LogP contribution in [0.25, 0.3) is 0 Å². The van der Waals surface area contributed by atoms with E-state index in [9.17, 15) is 9.18 Å². The van der Waals surface area contributed by atoms with Crippen molar-refractivity contribution in [3.63, 3.8) is 0 Å². The molecule has 19 heavy (non-hydrogen) atoms. The molecule has 0 aliphatic heterocycles. The van der Waals surface area contributed by atoms with E-state index in [0.29, 0.717) is 18.2 Å². The maximum Gasteiger partial charge on any atom is 0.223 e. The minimum absolute atomic E-state index is 0.0514. The summed E-state index contributed by atoms with van der Waals surface area (Å²) in [6.07, 6.45) is 2.57. The lowest BCUT2D eigenvalue weighted by molar-refractivity contribution is -0.122. The van der Waals surface area contributed by atoms with Crippen molar-refractivity contribution in [1.29, 1.82) is 0 Å². The van der Waals surface area contributed by atoms with E-state index in [1.165, 1.54) is 12.1 Å². The van der Waals surface area contributed by atoms with Crippen molar-refractivity contribution < 1.29 is 13.9 Å². The second kappa shape index (κ2) is 6.52. The zero-order valence-electron chi connectivity index (χ0n) is 10.8. The first-order valence-electron chi connectivity index (χ1n) is 6.57. The largest absolute Gasteiger partial charge is 0.493 e. The zero-order chi connectivity index (χ0) is 13.7. The van der Waals surface area contributed by atoms with E-state index in [4.69, 9.17) is 10.5 Å². The highest BCUT2D eigenvalue weighted by Gasteiger charge is 2.30. The minimum atomic E-state index is -0.305. The number of ether oxygens (including phenoxy) is 1. The number of amides is 1. The first kappa shape index (κ1) is 13.8. The van der Waals surface area contributed by atoms with Gasteiger partial charge in [-0.3, -0.25) is 4.79 Å². The molecule has 0 heterocycles. The van der Waals surface area contributed by atoms with Gasteiger partial charge in [0.05, 0.1) is 13.0 Å². The molecular formula is C14H19FN2O2. The van der Waals surface area contributed by atoms with Crippen LogP contribution < -0.4 is 15.8 Å². The molecule has 104 valence electrons. The molecule has 1 fully saturated rings. The molecule has 1 unspecified atom stereocenters. The van der Waals surface area contributed by atoms with Crippen LogP contribution >= 0.6 is 0 Å². The van der Waals surface area contributed by atoms with Gasteiger partial charge in [0.2, 0.25) is 5.91 Å². The van der Waals surface area contributed by atoms with E-state index < -0.39 is 0 Å². The Morgan fingerprint density at radius 1 is 1.42 bits per heavy atom. The lowest BCUT2D eigenvalue weighted by Gasteiger charge is -2.16. The summed E-state index contributed by atoms with van der Waals surface area (Å²) in [4.78, 5) is 11.7. The van der Waals surface area contributed by atoms with Gasteiger partial charge < -0.3 is 15.8 Å². The highest BCUT2D eigenvalue weighted by atomic mass is 19.1. The number of nitrogens with one attached hydrogen (secondary N) is 1. The lowest BCUT2D eigenvalue weighted by Crippen LogP contribution is -2.42. The molecule has 1 aliphatic rings. The number of carbonyl (C=O) groups is 1. The van der Waals surface area contributed by atoms with Gasteiger partial charge in [0.1, 0.15) is 11.6 Å². The first-order valence-corrected chi connectivity index (χ1v) is 6.57. The molecule has 0 aromatic heterocycles. The molecule has 0 spiro atoms. The summed E-state index contributed by atoms with van der Waals surface area (Å²) in [7, 11) is 0. The smallest absolute Gasteiger partial charge is 0.223 e. The third-order valence-corrected chi connectivity index (χ3v) is 3.20. The molecule has 1 atom stereocenters. The zero-order valence-corrected chi connectivity index (χ0v) is 10.8. The molecule has 0 radical (unpaired) electrons. The van der Waals surface area contributed by atoms with Crippen molar-refractivity contribution in [2.75, 3.05) is 13.2 Å². The Kier molecular flexibility index (Phi) is 4.74. The van der Waals surface area contributed by atoms with E-state index >= 15 is 0 Å². The first-order chi connectivity index (χ1) is 9.19. The SMILES string of the molecule is NCC(NC(=O)CCOc1ccc(F)cc1)C1CC1. The molecule has 5 heteroatoms. The van der Waals surface area contributed by atoms with Crippen LogP contribution in [-0.2, 0) is 4.79 Å². The number of benzene rings is 1.